The van der Waals surface area contributed by atoms with Crippen molar-refractivity contribution in [2.24, 2.45) is 5.92 Å². The second kappa shape index (κ2) is 9.67. The molecule has 0 aromatic heterocycles. The molecule has 1 atom stereocenters. The zero-order chi connectivity index (χ0) is 21.8. The van der Waals surface area contributed by atoms with E-state index in [1.807, 2.05) is 50.2 Å². The molecule has 2 aromatic rings. The first-order chi connectivity index (χ1) is 14.3. The first-order valence-electron chi connectivity index (χ1n) is 9.95. The van der Waals surface area contributed by atoms with Gasteiger partial charge in [-0.2, -0.15) is 0 Å². The highest BCUT2D eigenvalue weighted by Crippen LogP contribution is 2.40. The van der Waals surface area contributed by atoms with Gasteiger partial charge in [-0.15, -0.1) is 0 Å². The van der Waals surface area contributed by atoms with Crippen molar-refractivity contribution >= 4 is 35.1 Å². The van der Waals surface area contributed by atoms with Crippen LogP contribution in [0.3, 0.4) is 0 Å². The maximum Gasteiger partial charge on any atom is 0.336 e. The summed E-state index contributed by atoms with van der Waals surface area (Å²) < 4.78 is 5.56. The van der Waals surface area contributed by atoms with Gasteiger partial charge in [0.25, 0.3) is 0 Å². The molecule has 1 heterocycles. The lowest BCUT2D eigenvalue weighted by molar-refractivity contribution is -0.141. The van der Waals surface area contributed by atoms with Crippen molar-refractivity contribution in [3.8, 4) is 0 Å². The Kier molecular flexibility index (Phi) is 7.22. The summed E-state index contributed by atoms with van der Waals surface area (Å²) in [6.07, 6.45) is 0.147. The largest absolute Gasteiger partial charge is 0.462 e. The second-order valence-electron chi connectivity index (χ2n) is 7.88. The Morgan fingerprint density at radius 3 is 2.57 bits per heavy atom. The van der Waals surface area contributed by atoms with Crippen LogP contribution in [0.1, 0.15) is 44.2 Å². The molecule has 0 saturated carbocycles. The number of hydrogen-bond acceptors (Lipinski definition) is 3. The van der Waals surface area contributed by atoms with Crippen molar-refractivity contribution in [1.29, 1.82) is 0 Å². The van der Waals surface area contributed by atoms with Gasteiger partial charge < -0.3 is 9.64 Å². The summed E-state index contributed by atoms with van der Waals surface area (Å²) in [6, 6.07) is 14.7. The van der Waals surface area contributed by atoms with Crippen LogP contribution in [0.5, 0.6) is 0 Å². The lowest BCUT2D eigenvalue weighted by Crippen LogP contribution is -2.38. The highest BCUT2D eigenvalue weighted by molar-refractivity contribution is 6.31. The summed E-state index contributed by atoms with van der Waals surface area (Å²) in [6.45, 7) is 6.40. The van der Waals surface area contributed by atoms with Gasteiger partial charge in [0.1, 0.15) is 0 Å². The standard InChI is InChI=1S/C24H25Cl2NO3/c1-15(2)14-30-24(29)23-16(3)27(13-17-7-6-8-18(25)11-17)22(28)12-20(23)19-9-4-5-10-21(19)26/h4-11,15,20H,12-14H2,1-3H3/t20-/m1/s1. The third-order valence-electron chi connectivity index (χ3n) is 5.10. The molecule has 4 nitrogen and oxygen atoms in total. The SMILES string of the molecule is CC1=C(C(=O)OCC(C)C)[C@@H](c2ccccc2Cl)CC(=O)N1Cc1cccc(Cl)c1. The number of halogens is 2. The van der Waals surface area contributed by atoms with Gasteiger partial charge in [0.2, 0.25) is 5.91 Å². The quantitative estimate of drug-likeness (QED) is 0.513. The molecular weight excluding hydrogens is 421 g/mol. The van der Waals surface area contributed by atoms with Gasteiger partial charge in [-0.05, 0) is 42.2 Å². The normalized spacial score (nSPS) is 16.9. The first-order valence-corrected chi connectivity index (χ1v) is 10.7. The van der Waals surface area contributed by atoms with Gasteiger partial charge in [-0.25, -0.2) is 4.79 Å². The average Bonchev–Trinajstić information content (AvgIpc) is 2.69. The van der Waals surface area contributed by atoms with E-state index in [1.165, 1.54) is 0 Å². The van der Waals surface area contributed by atoms with E-state index in [9.17, 15) is 9.59 Å². The molecule has 3 rings (SSSR count). The highest BCUT2D eigenvalue weighted by atomic mass is 35.5. The molecule has 1 aliphatic heterocycles. The van der Waals surface area contributed by atoms with E-state index in [1.54, 1.807) is 24.0 Å². The van der Waals surface area contributed by atoms with Crippen molar-refractivity contribution in [2.75, 3.05) is 6.61 Å². The van der Waals surface area contributed by atoms with Crippen LogP contribution in [0.25, 0.3) is 0 Å². The number of benzene rings is 2. The molecule has 0 aliphatic carbocycles. The number of esters is 1. The molecule has 0 fully saturated rings. The minimum Gasteiger partial charge on any atom is -0.462 e. The number of nitrogens with zero attached hydrogens (tertiary/aromatic N) is 1. The summed E-state index contributed by atoms with van der Waals surface area (Å²) in [4.78, 5) is 27.8. The fourth-order valence-corrected chi connectivity index (χ4v) is 4.11. The van der Waals surface area contributed by atoms with Crippen molar-refractivity contribution in [3.63, 3.8) is 0 Å². The Bertz CT molecular complexity index is 984. The number of amides is 1. The first kappa shape index (κ1) is 22.4. The number of allylic oxidation sites excluding steroid dienone is 1. The smallest absolute Gasteiger partial charge is 0.336 e. The molecule has 0 unspecified atom stereocenters. The lowest BCUT2D eigenvalue weighted by Gasteiger charge is -2.35. The van der Waals surface area contributed by atoms with Crippen LogP contribution < -0.4 is 0 Å². The fourth-order valence-electron chi connectivity index (χ4n) is 3.63. The molecule has 2 aromatic carbocycles. The molecule has 6 heteroatoms. The van der Waals surface area contributed by atoms with Crippen LogP contribution in [0, 0.1) is 5.92 Å². The van der Waals surface area contributed by atoms with Gasteiger partial charge in [-0.1, -0.05) is 67.4 Å². The van der Waals surface area contributed by atoms with Crippen molar-refractivity contribution in [2.45, 2.75) is 39.7 Å². The van der Waals surface area contributed by atoms with Gasteiger partial charge in [-0.3, -0.25) is 4.79 Å². The Balaban J connectivity index is 2.03. The highest BCUT2D eigenvalue weighted by Gasteiger charge is 2.37. The van der Waals surface area contributed by atoms with Gasteiger partial charge >= 0.3 is 5.97 Å². The monoisotopic (exact) mass is 445 g/mol. The maximum absolute atomic E-state index is 13.1. The lowest BCUT2D eigenvalue weighted by atomic mass is 9.83. The topological polar surface area (TPSA) is 46.6 Å². The molecule has 1 aliphatic rings. The maximum atomic E-state index is 13.1. The van der Waals surface area contributed by atoms with Crippen LogP contribution >= 0.6 is 23.2 Å². The number of rotatable bonds is 6. The summed E-state index contributed by atoms with van der Waals surface area (Å²) in [5.41, 5.74) is 2.71. The summed E-state index contributed by atoms with van der Waals surface area (Å²) in [5.74, 6) is -0.713. The van der Waals surface area contributed by atoms with E-state index in [4.69, 9.17) is 27.9 Å². The number of ether oxygens (including phenoxy) is 1. The molecule has 158 valence electrons. The van der Waals surface area contributed by atoms with E-state index in [2.05, 4.69) is 0 Å². The third kappa shape index (κ3) is 5.05. The minimum atomic E-state index is -0.443. The Labute approximate surface area is 187 Å². The van der Waals surface area contributed by atoms with E-state index >= 15 is 0 Å². The summed E-state index contributed by atoms with van der Waals surface area (Å²) >= 11 is 12.5. The number of hydrogen-bond donors (Lipinski definition) is 0. The van der Waals surface area contributed by atoms with E-state index in [-0.39, 0.29) is 18.2 Å². The Morgan fingerprint density at radius 1 is 1.17 bits per heavy atom. The Morgan fingerprint density at radius 2 is 1.90 bits per heavy atom. The molecule has 0 N–H and O–H groups in total. The summed E-state index contributed by atoms with van der Waals surface area (Å²) in [5, 5.41) is 1.13. The number of carbonyl (C=O) groups excluding carboxylic acids is 2. The Hall–Kier alpha value is -2.30. The van der Waals surface area contributed by atoms with Gasteiger partial charge in [0.15, 0.2) is 0 Å². The predicted octanol–water partition coefficient (Wildman–Crippen LogP) is 5.98. The predicted molar refractivity (Wildman–Crippen MR) is 119 cm³/mol. The molecule has 0 saturated heterocycles. The average molecular weight is 446 g/mol. The van der Waals surface area contributed by atoms with Gasteiger partial charge in [0, 0.05) is 28.1 Å². The van der Waals surface area contributed by atoms with Crippen LogP contribution in [0.2, 0.25) is 10.0 Å². The van der Waals surface area contributed by atoms with E-state index in [0.717, 1.165) is 11.1 Å². The van der Waals surface area contributed by atoms with Crippen LogP contribution in [0.4, 0.5) is 0 Å². The van der Waals surface area contributed by atoms with Gasteiger partial charge in [0.05, 0.1) is 18.7 Å². The zero-order valence-electron chi connectivity index (χ0n) is 17.3. The molecule has 0 spiro atoms. The molecule has 1 amide bonds. The minimum absolute atomic E-state index is 0.0715. The zero-order valence-corrected chi connectivity index (χ0v) is 18.8. The molecule has 0 radical (unpaired) electrons. The van der Waals surface area contributed by atoms with Crippen LogP contribution in [-0.4, -0.2) is 23.4 Å². The molecule has 30 heavy (non-hydrogen) atoms. The van der Waals surface area contributed by atoms with Crippen LogP contribution in [-0.2, 0) is 20.9 Å². The number of carbonyl (C=O) groups is 2. The van der Waals surface area contributed by atoms with Crippen molar-refractivity contribution in [1.82, 2.24) is 4.90 Å². The molecular formula is C24H25Cl2NO3. The fraction of sp³-hybridized carbons (Fsp3) is 0.333. The van der Waals surface area contributed by atoms with Crippen molar-refractivity contribution in [3.05, 3.63) is 81.0 Å². The summed E-state index contributed by atoms with van der Waals surface area (Å²) in [7, 11) is 0. The van der Waals surface area contributed by atoms with E-state index in [0.29, 0.717) is 34.5 Å². The molecule has 0 bridgehead atoms. The third-order valence-corrected chi connectivity index (χ3v) is 5.68. The second-order valence-corrected chi connectivity index (χ2v) is 8.72. The van der Waals surface area contributed by atoms with E-state index < -0.39 is 11.9 Å². The van der Waals surface area contributed by atoms with Crippen molar-refractivity contribution < 1.29 is 14.3 Å². The van der Waals surface area contributed by atoms with Crippen LogP contribution in [0.15, 0.2) is 59.8 Å².